The van der Waals surface area contributed by atoms with Gasteiger partial charge in [-0.3, -0.25) is 0 Å². The van der Waals surface area contributed by atoms with Crippen molar-refractivity contribution in [2.24, 2.45) is 0 Å². The number of aromatic carboxylic acids is 1. The highest BCUT2D eigenvalue weighted by Crippen LogP contribution is 2.47. The highest BCUT2D eigenvalue weighted by molar-refractivity contribution is 5.88. The molecule has 160 valence electrons. The molecule has 1 aliphatic carbocycles. The number of carboxylic acid groups (broad SMARTS) is 1. The average molecular weight is 415 g/mol. The Kier molecular flexibility index (Phi) is 5.12. The molecule has 1 N–H and O–H groups in total. The molecule has 0 bridgehead atoms. The lowest BCUT2D eigenvalue weighted by atomic mass is 9.63. The standard InChI is InChI=1S/C27H30N2O2/c1-18-12-15-29(28-18)24-17-23-22(26(2,3)13-14-27(23,4)5)16-21(24)11-8-19-6-9-20(10-7-19)25(30)31/h6-12,15-17H,13-14H2,1-5H3,(H,30,31). The minimum absolute atomic E-state index is 0.120. The topological polar surface area (TPSA) is 55.1 Å². The number of hydrogen-bond acceptors (Lipinski definition) is 2. The highest BCUT2D eigenvalue weighted by Gasteiger charge is 2.37. The maximum absolute atomic E-state index is 11.1. The number of aryl methyl sites for hydroxylation is 1. The molecule has 1 heterocycles. The van der Waals surface area contributed by atoms with E-state index in [1.54, 1.807) is 12.1 Å². The van der Waals surface area contributed by atoms with Gasteiger partial charge >= 0.3 is 5.97 Å². The van der Waals surface area contributed by atoms with Gasteiger partial charge in [-0.15, -0.1) is 0 Å². The Morgan fingerprint density at radius 3 is 2.13 bits per heavy atom. The Labute approximate surface area is 184 Å². The molecule has 0 spiro atoms. The van der Waals surface area contributed by atoms with Gasteiger partial charge in [0.2, 0.25) is 0 Å². The van der Waals surface area contributed by atoms with E-state index in [4.69, 9.17) is 5.11 Å². The Morgan fingerprint density at radius 2 is 1.58 bits per heavy atom. The van der Waals surface area contributed by atoms with Crippen LogP contribution >= 0.6 is 0 Å². The van der Waals surface area contributed by atoms with Crippen LogP contribution in [-0.4, -0.2) is 20.9 Å². The van der Waals surface area contributed by atoms with Gasteiger partial charge in [-0.1, -0.05) is 52.0 Å². The van der Waals surface area contributed by atoms with Gasteiger partial charge in [0.05, 0.1) is 16.9 Å². The van der Waals surface area contributed by atoms with Crippen molar-refractivity contribution in [3.8, 4) is 5.69 Å². The van der Waals surface area contributed by atoms with E-state index in [1.165, 1.54) is 11.1 Å². The number of hydrogen-bond donors (Lipinski definition) is 1. The van der Waals surface area contributed by atoms with E-state index < -0.39 is 5.97 Å². The molecule has 1 aliphatic rings. The minimum Gasteiger partial charge on any atom is -0.478 e. The number of carboxylic acids is 1. The first-order chi connectivity index (χ1) is 14.6. The summed E-state index contributed by atoms with van der Waals surface area (Å²) in [7, 11) is 0. The van der Waals surface area contributed by atoms with Crippen molar-refractivity contribution in [2.45, 2.75) is 58.3 Å². The van der Waals surface area contributed by atoms with Crippen LogP contribution in [0.25, 0.3) is 17.8 Å². The van der Waals surface area contributed by atoms with Crippen molar-refractivity contribution in [3.05, 3.63) is 82.2 Å². The summed E-state index contributed by atoms with van der Waals surface area (Å²) in [5, 5.41) is 13.8. The van der Waals surface area contributed by atoms with E-state index in [0.29, 0.717) is 5.56 Å². The van der Waals surface area contributed by atoms with Gasteiger partial charge in [-0.25, -0.2) is 9.48 Å². The van der Waals surface area contributed by atoms with Crippen LogP contribution in [0.4, 0.5) is 0 Å². The summed E-state index contributed by atoms with van der Waals surface area (Å²) >= 11 is 0. The smallest absolute Gasteiger partial charge is 0.335 e. The summed E-state index contributed by atoms with van der Waals surface area (Å²) in [5.74, 6) is -0.911. The molecule has 0 fully saturated rings. The molecule has 2 aromatic carbocycles. The number of fused-ring (bicyclic) bond motifs is 1. The molecule has 4 rings (SSSR count). The number of carbonyl (C=O) groups is 1. The SMILES string of the molecule is Cc1ccn(-c2cc3c(cc2C=Cc2ccc(C(=O)O)cc2)C(C)(C)CCC3(C)C)n1. The largest absolute Gasteiger partial charge is 0.478 e. The fourth-order valence-corrected chi connectivity index (χ4v) is 4.42. The highest BCUT2D eigenvalue weighted by atomic mass is 16.4. The van der Waals surface area contributed by atoms with Gasteiger partial charge in [-0.05, 0) is 77.6 Å². The average Bonchev–Trinajstić information content (AvgIpc) is 3.16. The number of aromatic nitrogens is 2. The predicted molar refractivity (Wildman–Crippen MR) is 126 cm³/mol. The lowest BCUT2D eigenvalue weighted by Crippen LogP contribution is -2.34. The molecule has 4 heteroatoms. The quantitative estimate of drug-likeness (QED) is 0.503. The second-order valence-electron chi connectivity index (χ2n) is 9.89. The Balaban J connectivity index is 1.85. The number of nitrogens with zero attached hydrogens (tertiary/aromatic N) is 2. The van der Waals surface area contributed by atoms with Crippen molar-refractivity contribution in [1.82, 2.24) is 9.78 Å². The van der Waals surface area contributed by atoms with E-state index in [0.717, 1.165) is 35.3 Å². The van der Waals surface area contributed by atoms with Gasteiger partial charge in [-0.2, -0.15) is 5.10 Å². The fourth-order valence-electron chi connectivity index (χ4n) is 4.42. The molecular formula is C27H30N2O2. The first-order valence-electron chi connectivity index (χ1n) is 10.8. The summed E-state index contributed by atoms with van der Waals surface area (Å²) in [6.07, 6.45) is 8.48. The Hall–Kier alpha value is -3.14. The van der Waals surface area contributed by atoms with Crippen molar-refractivity contribution in [1.29, 1.82) is 0 Å². The van der Waals surface area contributed by atoms with Crippen LogP contribution in [0.5, 0.6) is 0 Å². The molecule has 3 aromatic rings. The second-order valence-corrected chi connectivity index (χ2v) is 9.89. The number of rotatable bonds is 4. The van der Waals surface area contributed by atoms with Crippen molar-refractivity contribution < 1.29 is 9.90 Å². The van der Waals surface area contributed by atoms with Crippen molar-refractivity contribution >= 4 is 18.1 Å². The van der Waals surface area contributed by atoms with E-state index in [1.807, 2.05) is 42.1 Å². The molecule has 0 amide bonds. The van der Waals surface area contributed by atoms with Gasteiger partial charge in [0.25, 0.3) is 0 Å². The van der Waals surface area contributed by atoms with E-state index in [-0.39, 0.29) is 10.8 Å². The van der Waals surface area contributed by atoms with Crippen molar-refractivity contribution in [2.75, 3.05) is 0 Å². The molecule has 4 nitrogen and oxygen atoms in total. The summed E-state index contributed by atoms with van der Waals surface area (Å²) in [6, 6.07) is 13.6. The molecule has 0 saturated heterocycles. The third-order valence-electron chi connectivity index (χ3n) is 6.58. The van der Waals surface area contributed by atoms with Crippen LogP contribution in [0, 0.1) is 6.92 Å². The van der Waals surface area contributed by atoms with Gasteiger partial charge < -0.3 is 5.11 Å². The summed E-state index contributed by atoms with van der Waals surface area (Å²) in [5.41, 5.74) is 7.45. The van der Waals surface area contributed by atoms with E-state index >= 15 is 0 Å². The molecular weight excluding hydrogens is 384 g/mol. The zero-order valence-electron chi connectivity index (χ0n) is 18.9. The molecule has 0 atom stereocenters. The third-order valence-corrected chi connectivity index (χ3v) is 6.58. The lowest BCUT2D eigenvalue weighted by Gasteiger charge is -2.42. The van der Waals surface area contributed by atoms with Crippen LogP contribution in [0.2, 0.25) is 0 Å². The van der Waals surface area contributed by atoms with Gasteiger partial charge in [0, 0.05) is 11.8 Å². The molecule has 0 saturated carbocycles. The zero-order valence-corrected chi connectivity index (χ0v) is 18.9. The maximum Gasteiger partial charge on any atom is 0.335 e. The fraction of sp³-hybridized carbons (Fsp3) is 0.333. The van der Waals surface area contributed by atoms with Crippen LogP contribution in [0.1, 0.15) is 78.8 Å². The summed E-state index contributed by atoms with van der Waals surface area (Å²) in [6.45, 7) is 11.3. The first kappa shape index (κ1) is 21.1. The minimum atomic E-state index is -0.911. The first-order valence-corrected chi connectivity index (χ1v) is 10.8. The Bertz CT molecular complexity index is 1160. The molecule has 31 heavy (non-hydrogen) atoms. The van der Waals surface area contributed by atoms with Gasteiger partial charge in [0.1, 0.15) is 0 Å². The zero-order chi connectivity index (χ0) is 22.4. The van der Waals surface area contributed by atoms with E-state index in [9.17, 15) is 4.79 Å². The molecule has 1 aromatic heterocycles. The molecule has 0 radical (unpaired) electrons. The molecule has 0 unspecified atom stereocenters. The van der Waals surface area contributed by atoms with E-state index in [2.05, 4.69) is 51.0 Å². The predicted octanol–water partition coefficient (Wildman–Crippen LogP) is 6.40. The second kappa shape index (κ2) is 7.52. The van der Waals surface area contributed by atoms with Crippen molar-refractivity contribution in [3.63, 3.8) is 0 Å². The van der Waals surface area contributed by atoms with Crippen LogP contribution in [0.15, 0.2) is 48.7 Å². The summed E-state index contributed by atoms with van der Waals surface area (Å²) < 4.78 is 1.96. The molecule has 0 aliphatic heterocycles. The van der Waals surface area contributed by atoms with Crippen LogP contribution in [-0.2, 0) is 10.8 Å². The van der Waals surface area contributed by atoms with Crippen LogP contribution < -0.4 is 0 Å². The monoisotopic (exact) mass is 414 g/mol. The lowest BCUT2D eigenvalue weighted by molar-refractivity contribution is 0.0697. The normalized spacial score (nSPS) is 16.9. The Morgan fingerprint density at radius 1 is 0.968 bits per heavy atom. The summed E-state index contributed by atoms with van der Waals surface area (Å²) in [4.78, 5) is 11.1. The van der Waals surface area contributed by atoms with Crippen LogP contribution in [0.3, 0.4) is 0 Å². The van der Waals surface area contributed by atoms with Gasteiger partial charge in [0.15, 0.2) is 0 Å². The maximum atomic E-state index is 11.1. The third kappa shape index (κ3) is 4.07. The number of benzene rings is 2.